The van der Waals surface area contributed by atoms with Gasteiger partial charge in [0.1, 0.15) is 195 Å². The first-order valence-electron chi connectivity index (χ1n) is 30.9. The van der Waals surface area contributed by atoms with Gasteiger partial charge in [-0.25, -0.2) is 4.57 Å². The third-order valence-corrected chi connectivity index (χ3v) is 18.1. The molecule has 8 saturated heterocycles. The lowest BCUT2D eigenvalue weighted by Crippen LogP contribution is -2.70. The van der Waals surface area contributed by atoms with Crippen molar-refractivity contribution < 1.29 is 217 Å². The second-order valence-corrected chi connectivity index (χ2v) is 25.8. The van der Waals surface area contributed by atoms with Crippen LogP contribution in [0.3, 0.4) is 0 Å². The maximum atomic E-state index is 12.9. The summed E-state index contributed by atoms with van der Waals surface area (Å²) in [6.07, 6.45) is -80.4. The first kappa shape index (κ1) is 82.2. The molecular weight excluding hydrogens is 1390 g/mol. The second kappa shape index (κ2) is 35.3. The summed E-state index contributed by atoms with van der Waals surface area (Å²) in [5.74, 6) is -1.72. The topological polar surface area (TPSA) is 729 Å². The summed E-state index contributed by atoms with van der Waals surface area (Å²) in [6.45, 7) is -6.72. The maximum absolute atomic E-state index is 12.9. The fraction of sp³-hybridized carbons (Fsp3) is 0.962. The van der Waals surface area contributed by atoms with Crippen molar-refractivity contribution in [3.05, 3.63) is 0 Å². The molecule has 576 valence electrons. The van der Waals surface area contributed by atoms with Crippen LogP contribution in [0.5, 0.6) is 0 Å². The molecule has 27 N–H and O–H groups in total. The normalized spacial score (nSPS) is 49.4. The Morgan fingerprint density at radius 2 is 0.626 bits per heavy atom. The number of carbonyl (C=O) groups is 2. The third kappa shape index (κ3) is 18.7. The molecule has 46 nitrogen and oxygen atoms in total. The molecule has 0 unspecified atom stereocenters. The smallest absolute Gasteiger partial charge is 0.394 e. The van der Waals surface area contributed by atoms with Gasteiger partial charge in [-0.15, -0.1) is 0 Å². The number of carbonyl (C=O) groups excluding carboxylic acids is 2. The predicted molar refractivity (Wildman–Crippen MR) is 299 cm³/mol. The lowest BCUT2D eigenvalue weighted by atomic mass is 9.94. The zero-order chi connectivity index (χ0) is 73.1. The van der Waals surface area contributed by atoms with Gasteiger partial charge in [0.05, 0.1) is 52.9 Å². The minimum atomic E-state index is -5.33. The highest BCUT2D eigenvalue weighted by Crippen LogP contribution is 2.40. The van der Waals surface area contributed by atoms with Gasteiger partial charge in [-0.05, 0) is 0 Å². The summed E-state index contributed by atoms with van der Waals surface area (Å²) in [7, 11) is -5.33. The molecule has 8 rings (SSSR count). The number of rotatable bonds is 26. The highest BCUT2D eigenvalue weighted by Gasteiger charge is 2.59. The second-order valence-electron chi connectivity index (χ2n) is 24.5. The Morgan fingerprint density at radius 3 is 1.10 bits per heavy atom. The first-order chi connectivity index (χ1) is 46.6. The molecule has 40 atom stereocenters. The maximum Gasteiger partial charge on any atom is 0.469 e. The van der Waals surface area contributed by atoms with E-state index in [0.717, 1.165) is 13.8 Å². The van der Waals surface area contributed by atoms with Gasteiger partial charge >= 0.3 is 7.82 Å². The average molecular weight is 1480 g/mol. The number of phosphoric acid groups is 1. The van der Waals surface area contributed by atoms with Gasteiger partial charge in [0.25, 0.3) is 0 Å². The molecule has 99 heavy (non-hydrogen) atoms. The molecule has 0 spiro atoms. The molecule has 2 amide bonds. The van der Waals surface area contributed by atoms with Crippen LogP contribution < -0.4 is 10.6 Å². The van der Waals surface area contributed by atoms with Crippen LogP contribution in [0, 0.1) is 0 Å². The zero-order valence-corrected chi connectivity index (χ0v) is 53.0. The van der Waals surface area contributed by atoms with Gasteiger partial charge in [0.15, 0.2) is 50.3 Å². The number of hydrogen-bond acceptors (Lipinski definition) is 42. The number of aliphatic hydroxyl groups excluding tert-OH is 23. The molecule has 0 aromatic heterocycles. The molecule has 8 heterocycles. The van der Waals surface area contributed by atoms with Gasteiger partial charge < -0.3 is 209 Å². The summed E-state index contributed by atoms with van der Waals surface area (Å²) in [4.78, 5) is 43.6. The minimum absolute atomic E-state index is 0.782. The standard InChI is InChI=1S/C52H89N2O44P/c1-11(60)53-21-29(68)40(16(6-58)86-45(21)79)94-46-22(54-12(2)61)30(69)41(17(7-59)90-46)95-51-39(78)43(97-52-44(34(73)25(64)15(5-57)89-52)98-50-37(76)33(72)26(65)20(93-50)10-85-99(80,81)82)28(67)19(92-51)9-84-48-38(77)42(96-49-36(75)32(71)24(63)14(4-56)88-49)27(66)18(91-48)8-83-47-35(74)31(70)23(62)13(3-55)87-47/h13-52,55-59,62-79H,3-10H2,1-2H3,(H,53,60)(H,54,61)(H2,80,81,82)/t13-,14-,15-,16-,17-,18-,19-,20-,21-,22-,23-,24-,25-,26-,27-,28-,29-,30-,31+,32+,33+,34+,35+,36+,37+,38+,39+,40-,41-,42+,43+,44+,45-,46+,47+,48+,49-,50-,51+,52-/m1/s1. The highest BCUT2D eigenvalue weighted by molar-refractivity contribution is 7.46. The van der Waals surface area contributed by atoms with E-state index in [1.165, 1.54) is 0 Å². The molecule has 8 aliphatic rings. The number of ether oxygens (including phenoxy) is 15. The van der Waals surface area contributed by atoms with Crippen molar-refractivity contribution in [2.75, 3.05) is 52.9 Å². The van der Waals surface area contributed by atoms with E-state index in [4.69, 9.17) is 71.1 Å². The van der Waals surface area contributed by atoms with Crippen molar-refractivity contribution in [3.8, 4) is 0 Å². The van der Waals surface area contributed by atoms with E-state index in [9.17, 15) is 141 Å². The van der Waals surface area contributed by atoms with Crippen LogP contribution >= 0.6 is 7.82 Å². The van der Waals surface area contributed by atoms with E-state index in [0.29, 0.717) is 0 Å². The lowest BCUT2D eigenvalue weighted by molar-refractivity contribution is -0.399. The molecule has 0 radical (unpaired) electrons. The van der Waals surface area contributed by atoms with Crippen molar-refractivity contribution in [2.45, 2.75) is 259 Å². The highest BCUT2D eigenvalue weighted by atomic mass is 31.2. The molecule has 0 aromatic rings. The van der Waals surface area contributed by atoms with Crippen LogP contribution in [-0.2, 0) is 89.7 Å². The molecule has 8 aliphatic heterocycles. The average Bonchev–Trinajstić information content (AvgIpc) is 0.774. The van der Waals surface area contributed by atoms with E-state index in [1.807, 2.05) is 0 Å². The van der Waals surface area contributed by atoms with Gasteiger partial charge in [0, 0.05) is 13.8 Å². The van der Waals surface area contributed by atoms with Crippen LogP contribution in [0.1, 0.15) is 13.8 Å². The summed E-state index contributed by atoms with van der Waals surface area (Å²) in [5, 5.41) is 257. The van der Waals surface area contributed by atoms with Crippen molar-refractivity contribution in [1.82, 2.24) is 10.6 Å². The fourth-order valence-corrected chi connectivity index (χ4v) is 12.6. The van der Waals surface area contributed by atoms with Crippen molar-refractivity contribution in [2.24, 2.45) is 0 Å². The number of hydrogen-bond donors (Lipinski definition) is 27. The number of amides is 2. The van der Waals surface area contributed by atoms with Gasteiger partial charge in [0.2, 0.25) is 11.8 Å². The van der Waals surface area contributed by atoms with Crippen LogP contribution in [-0.4, -0.2) is 437 Å². The van der Waals surface area contributed by atoms with E-state index >= 15 is 0 Å². The fourth-order valence-electron chi connectivity index (χ4n) is 12.2. The summed E-state index contributed by atoms with van der Waals surface area (Å²) in [6, 6.07) is -3.54. The summed E-state index contributed by atoms with van der Waals surface area (Å²) < 4.78 is 103. The Morgan fingerprint density at radius 1 is 0.313 bits per heavy atom. The van der Waals surface area contributed by atoms with Crippen molar-refractivity contribution in [1.29, 1.82) is 0 Å². The van der Waals surface area contributed by atoms with Gasteiger partial charge in [-0.1, -0.05) is 0 Å². The Labute approximate surface area is 558 Å². The summed E-state index contributed by atoms with van der Waals surface area (Å²) >= 11 is 0. The quantitative estimate of drug-likeness (QED) is 0.0358. The van der Waals surface area contributed by atoms with Crippen molar-refractivity contribution >= 4 is 19.6 Å². The van der Waals surface area contributed by atoms with E-state index < -0.39 is 318 Å². The molecule has 0 aliphatic carbocycles. The summed E-state index contributed by atoms with van der Waals surface area (Å²) in [5.41, 5.74) is 0. The number of nitrogens with one attached hydrogen (secondary N) is 2. The molecular formula is C52H89N2O44P. The Bertz CT molecular complexity index is 2580. The van der Waals surface area contributed by atoms with Crippen LogP contribution in [0.2, 0.25) is 0 Å². The number of aliphatic hydroxyl groups is 23. The molecule has 0 aromatic carbocycles. The SMILES string of the molecule is CC(=O)N[C@@H]1[C@@H](O)[C@H](O[C@@H]2O[C@H](CO)[C@@H](O[C@@H]3O[C@H](CO[C@H]4O[C@H](CO[C@H]5O[C@H](CO)[C@@H](O)[C@H](O)[C@@H]5O)[C@@H](O)[C@H](O[C@H]5O[C@H](CO)[C@@H](O)[C@H](O)[C@@H]5O)[C@@H]4O)[C@@H](O)[C@H](O[C@H]4O[C@H](CO)[C@@H](O)[C@H](O)[C@@H]4O[C@H]4O[C@H](COP(=O)(O)O)[C@@H](O)[C@H](O)[C@@H]4O)[C@@H]3O)[C@H](O)[C@H]2NC(C)=O)[C@@H](CO)O[C@H]1O. The van der Waals surface area contributed by atoms with Gasteiger partial charge in [-0.3, -0.25) is 14.1 Å². The largest absolute Gasteiger partial charge is 0.469 e. The van der Waals surface area contributed by atoms with Gasteiger partial charge in [-0.2, -0.15) is 0 Å². The molecule has 0 bridgehead atoms. The van der Waals surface area contributed by atoms with Crippen LogP contribution in [0.25, 0.3) is 0 Å². The predicted octanol–water partition coefficient (Wildman–Crippen LogP) is -18.0. The van der Waals surface area contributed by atoms with E-state index in [2.05, 4.69) is 15.2 Å². The Hall–Kier alpha value is -2.47. The monoisotopic (exact) mass is 1480 g/mol. The zero-order valence-electron chi connectivity index (χ0n) is 52.1. The Balaban J connectivity index is 1.13. The third-order valence-electron chi connectivity index (χ3n) is 17.7. The molecule has 8 fully saturated rings. The van der Waals surface area contributed by atoms with Crippen LogP contribution in [0.15, 0.2) is 0 Å². The lowest BCUT2D eigenvalue weighted by Gasteiger charge is -2.50. The van der Waals surface area contributed by atoms with E-state index in [1.54, 1.807) is 0 Å². The minimum Gasteiger partial charge on any atom is -0.394 e. The van der Waals surface area contributed by atoms with Crippen molar-refractivity contribution in [3.63, 3.8) is 0 Å². The Kier molecular flexibility index (Phi) is 29.3. The number of phosphoric ester groups is 1. The van der Waals surface area contributed by atoms with Crippen LogP contribution in [0.4, 0.5) is 0 Å². The van der Waals surface area contributed by atoms with E-state index in [-0.39, 0.29) is 0 Å². The molecule has 0 saturated carbocycles. The molecule has 47 heteroatoms. The first-order valence-corrected chi connectivity index (χ1v) is 32.4.